The van der Waals surface area contributed by atoms with Crippen molar-refractivity contribution >= 4 is 22.7 Å². The number of thiazole rings is 1. The highest BCUT2D eigenvalue weighted by Gasteiger charge is 2.15. The first-order valence-corrected chi connectivity index (χ1v) is 8.10. The molecule has 0 saturated heterocycles. The summed E-state index contributed by atoms with van der Waals surface area (Å²) in [5, 5.41) is 5.83. The Morgan fingerprint density at radius 2 is 2.17 bits per heavy atom. The minimum absolute atomic E-state index is 0.471. The summed E-state index contributed by atoms with van der Waals surface area (Å²) in [4.78, 5) is 7.13. The van der Waals surface area contributed by atoms with Gasteiger partial charge in [0.1, 0.15) is 0 Å². The summed E-state index contributed by atoms with van der Waals surface area (Å²) in [7, 11) is 0. The van der Waals surface area contributed by atoms with Crippen molar-refractivity contribution in [1.82, 2.24) is 10.3 Å². The second-order valence-electron chi connectivity index (χ2n) is 4.80. The Hall–Kier alpha value is -0.710. The van der Waals surface area contributed by atoms with E-state index in [-0.39, 0.29) is 0 Å². The van der Waals surface area contributed by atoms with Gasteiger partial charge in [0.15, 0.2) is 0 Å². The smallest absolute Gasteiger partial charge is 0.0797 e. The third-order valence-electron chi connectivity index (χ3n) is 3.08. The molecule has 0 radical (unpaired) electrons. The summed E-state index contributed by atoms with van der Waals surface area (Å²) in [5.41, 5.74) is 3.11. The van der Waals surface area contributed by atoms with Crippen LogP contribution in [0.1, 0.15) is 35.3 Å². The van der Waals surface area contributed by atoms with Crippen LogP contribution in [0.25, 0.3) is 0 Å². The van der Waals surface area contributed by atoms with Gasteiger partial charge in [-0.2, -0.15) is 0 Å². The van der Waals surface area contributed by atoms with E-state index in [2.05, 4.69) is 48.6 Å². The molecule has 2 aromatic heterocycles. The summed E-state index contributed by atoms with van der Waals surface area (Å²) < 4.78 is 0. The summed E-state index contributed by atoms with van der Waals surface area (Å²) in [6, 6.07) is 4.82. The Bertz CT molecular complexity index is 460. The first-order valence-electron chi connectivity index (χ1n) is 6.34. The molecule has 98 valence electrons. The van der Waals surface area contributed by atoms with Crippen LogP contribution in [0.5, 0.6) is 0 Å². The molecule has 0 amide bonds. The molecule has 2 rings (SSSR count). The zero-order chi connectivity index (χ0) is 13.0. The van der Waals surface area contributed by atoms with Crippen LogP contribution in [0.3, 0.4) is 0 Å². The van der Waals surface area contributed by atoms with E-state index in [4.69, 9.17) is 0 Å². The van der Waals surface area contributed by atoms with Gasteiger partial charge in [0.25, 0.3) is 0 Å². The molecule has 0 aliphatic rings. The molecule has 2 heterocycles. The Balaban J connectivity index is 1.89. The molecule has 18 heavy (non-hydrogen) atoms. The van der Waals surface area contributed by atoms with Crippen molar-refractivity contribution in [2.24, 2.45) is 5.92 Å². The highest BCUT2D eigenvalue weighted by molar-refractivity contribution is 7.10. The van der Waals surface area contributed by atoms with Crippen molar-refractivity contribution in [2.45, 2.75) is 33.2 Å². The first-order chi connectivity index (χ1) is 8.68. The largest absolute Gasteiger partial charge is 0.309 e. The van der Waals surface area contributed by atoms with E-state index >= 15 is 0 Å². The average Bonchev–Trinajstić information content (AvgIpc) is 2.96. The number of hydrogen-bond acceptors (Lipinski definition) is 4. The fraction of sp³-hybridized carbons (Fsp3) is 0.500. The third-order valence-corrected chi connectivity index (χ3v) is 5.03. The van der Waals surface area contributed by atoms with Gasteiger partial charge in [-0.15, -0.1) is 22.7 Å². The molecule has 0 aliphatic heterocycles. The molecular formula is C14H20N2S2. The summed E-state index contributed by atoms with van der Waals surface area (Å²) in [6.45, 7) is 7.65. The molecule has 4 heteroatoms. The van der Waals surface area contributed by atoms with Crippen LogP contribution >= 0.6 is 22.7 Å². The van der Waals surface area contributed by atoms with Crippen LogP contribution < -0.4 is 5.32 Å². The van der Waals surface area contributed by atoms with Crippen molar-refractivity contribution in [2.75, 3.05) is 6.54 Å². The normalized spacial score (nSPS) is 13.1. The van der Waals surface area contributed by atoms with Crippen LogP contribution in [-0.2, 0) is 6.42 Å². The Morgan fingerprint density at radius 1 is 1.33 bits per heavy atom. The maximum atomic E-state index is 4.29. The molecule has 0 fully saturated rings. The number of rotatable bonds is 6. The quantitative estimate of drug-likeness (QED) is 0.863. The van der Waals surface area contributed by atoms with E-state index in [0.717, 1.165) is 13.0 Å². The van der Waals surface area contributed by atoms with Gasteiger partial charge in [-0.1, -0.05) is 19.9 Å². The number of hydrogen-bond donors (Lipinski definition) is 1. The molecule has 1 N–H and O–H groups in total. The molecule has 1 atom stereocenters. The zero-order valence-electron chi connectivity index (χ0n) is 11.1. The fourth-order valence-electron chi connectivity index (χ4n) is 2.04. The number of thiophene rings is 1. The lowest BCUT2D eigenvalue weighted by molar-refractivity contribution is 0.421. The van der Waals surface area contributed by atoms with Gasteiger partial charge in [0.2, 0.25) is 0 Å². The number of nitrogens with zero attached hydrogens (tertiary/aromatic N) is 1. The van der Waals surface area contributed by atoms with E-state index in [1.807, 2.05) is 16.8 Å². The van der Waals surface area contributed by atoms with Gasteiger partial charge in [-0.05, 0) is 30.7 Å². The van der Waals surface area contributed by atoms with Crippen molar-refractivity contribution in [3.8, 4) is 0 Å². The van der Waals surface area contributed by atoms with Crippen LogP contribution in [-0.4, -0.2) is 11.5 Å². The van der Waals surface area contributed by atoms with Crippen molar-refractivity contribution in [3.63, 3.8) is 0 Å². The molecular weight excluding hydrogens is 260 g/mol. The monoisotopic (exact) mass is 280 g/mol. The Morgan fingerprint density at radius 3 is 2.72 bits per heavy atom. The van der Waals surface area contributed by atoms with Gasteiger partial charge >= 0.3 is 0 Å². The number of aryl methyl sites for hydroxylation is 1. The minimum atomic E-state index is 0.471. The van der Waals surface area contributed by atoms with Gasteiger partial charge in [-0.3, -0.25) is 0 Å². The lowest BCUT2D eigenvalue weighted by Gasteiger charge is -2.21. The lowest BCUT2D eigenvalue weighted by Crippen LogP contribution is -2.27. The van der Waals surface area contributed by atoms with Gasteiger partial charge < -0.3 is 5.32 Å². The fourth-order valence-corrected chi connectivity index (χ4v) is 3.80. The van der Waals surface area contributed by atoms with Crippen LogP contribution in [0, 0.1) is 12.8 Å². The topological polar surface area (TPSA) is 24.9 Å². The second kappa shape index (κ2) is 6.45. The SMILES string of the molecule is Cc1ncsc1CCNC(c1cccs1)C(C)C. The van der Waals surface area contributed by atoms with Crippen LogP contribution in [0.2, 0.25) is 0 Å². The van der Waals surface area contributed by atoms with Gasteiger partial charge in [-0.25, -0.2) is 4.98 Å². The predicted molar refractivity (Wildman–Crippen MR) is 80.5 cm³/mol. The van der Waals surface area contributed by atoms with Gasteiger partial charge in [0.05, 0.1) is 11.2 Å². The standard InChI is InChI=1S/C14H20N2S2/c1-10(2)14(13-5-4-8-17-13)15-7-6-12-11(3)16-9-18-12/h4-5,8-10,14-15H,6-7H2,1-3H3. The minimum Gasteiger partial charge on any atom is -0.309 e. The van der Waals surface area contributed by atoms with E-state index in [1.54, 1.807) is 11.3 Å². The predicted octanol–water partition coefficient (Wildman–Crippen LogP) is 4.04. The maximum absolute atomic E-state index is 4.29. The van der Waals surface area contributed by atoms with Crippen molar-refractivity contribution in [1.29, 1.82) is 0 Å². The first kappa shape index (κ1) is 13.7. The second-order valence-corrected chi connectivity index (χ2v) is 6.72. The average molecular weight is 280 g/mol. The van der Waals surface area contributed by atoms with E-state index in [9.17, 15) is 0 Å². The van der Waals surface area contributed by atoms with Crippen LogP contribution in [0.4, 0.5) is 0 Å². The number of nitrogens with one attached hydrogen (secondary N) is 1. The molecule has 2 nitrogen and oxygen atoms in total. The van der Waals surface area contributed by atoms with Gasteiger partial charge in [0, 0.05) is 22.3 Å². The summed E-state index contributed by atoms with van der Waals surface area (Å²) >= 11 is 3.60. The highest BCUT2D eigenvalue weighted by atomic mass is 32.1. The number of aromatic nitrogens is 1. The zero-order valence-corrected chi connectivity index (χ0v) is 12.8. The molecule has 0 aromatic carbocycles. The highest BCUT2D eigenvalue weighted by Crippen LogP contribution is 2.25. The molecule has 1 unspecified atom stereocenters. The van der Waals surface area contributed by atoms with Crippen molar-refractivity contribution < 1.29 is 0 Å². The molecule has 0 aliphatic carbocycles. The maximum Gasteiger partial charge on any atom is 0.0797 e. The molecule has 2 aromatic rings. The Labute approximate surface area is 117 Å². The van der Waals surface area contributed by atoms with E-state index in [1.165, 1.54) is 15.4 Å². The van der Waals surface area contributed by atoms with Crippen molar-refractivity contribution in [3.05, 3.63) is 38.5 Å². The third kappa shape index (κ3) is 3.40. The Kier molecular flexibility index (Phi) is 4.92. The van der Waals surface area contributed by atoms with Crippen LogP contribution in [0.15, 0.2) is 23.0 Å². The van der Waals surface area contributed by atoms with E-state index in [0.29, 0.717) is 12.0 Å². The summed E-state index contributed by atoms with van der Waals surface area (Å²) in [6.07, 6.45) is 1.07. The molecule has 0 saturated carbocycles. The molecule has 0 spiro atoms. The summed E-state index contributed by atoms with van der Waals surface area (Å²) in [5.74, 6) is 0.617. The van der Waals surface area contributed by atoms with E-state index < -0.39 is 0 Å². The molecule has 0 bridgehead atoms. The lowest BCUT2D eigenvalue weighted by atomic mass is 10.0.